The molecule has 230 valence electrons. The van der Waals surface area contributed by atoms with E-state index in [0.717, 1.165) is 58.8 Å². The number of amides is 3. The largest absolute Gasteiger partial charge is 0.397 e. The summed E-state index contributed by atoms with van der Waals surface area (Å²) in [5.74, 6) is 0.409. The Kier molecular flexibility index (Phi) is 9.64. The van der Waals surface area contributed by atoms with Gasteiger partial charge in [-0.2, -0.15) is 0 Å². The summed E-state index contributed by atoms with van der Waals surface area (Å²) in [5.41, 5.74) is 10.2. The van der Waals surface area contributed by atoms with E-state index < -0.39 is 6.04 Å². The fraction of sp³-hybridized carbons (Fsp3) is 0.515. The van der Waals surface area contributed by atoms with Gasteiger partial charge in [-0.05, 0) is 119 Å². The van der Waals surface area contributed by atoms with Gasteiger partial charge in [-0.3, -0.25) is 4.79 Å². The lowest BCUT2D eigenvalue weighted by atomic mass is 9.89. The number of hydrogen-bond acceptors (Lipinski definition) is 4. The molecule has 6 rings (SSSR count). The summed E-state index contributed by atoms with van der Waals surface area (Å²) in [6.45, 7) is 5.15. The zero-order chi connectivity index (χ0) is 29.9. The highest BCUT2D eigenvalue weighted by molar-refractivity contribution is 9.11. The Morgan fingerprint density at radius 3 is 2.26 bits per heavy atom. The van der Waals surface area contributed by atoms with Crippen molar-refractivity contribution >= 4 is 60.4 Å². The van der Waals surface area contributed by atoms with Crippen LogP contribution in [0, 0.1) is 0 Å². The Bertz CT molecular complexity index is 1420. The third-order valence-electron chi connectivity index (χ3n) is 9.70. The highest BCUT2D eigenvalue weighted by atomic mass is 79.9. The molecule has 1 aromatic heterocycles. The van der Waals surface area contributed by atoms with Gasteiger partial charge >= 0.3 is 6.03 Å². The molecule has 4 heterocycles. The number of rotatable bonds is 6. The number of carbonyl (C=O) groups excluding carboxylic acids is 2. The Labute approximate surface area is 271 Å². The van der Waals surface area contributed by atoms with E-state index in [-0.39, 0.29) is 11.9 Å². The second kappa shape index (κ2) is 13.6. The van der Waals surface area contributed by atoms with Gasteiger partial charge in [-0.15, -0.1) is 0 Å². The van der Waals surface area contributed by atoms with Crippen molar-refractivity contribution in [2.45, 2.75) is 69.4 Å². The van der Waals surface area contributed by atoms with Crippen LogP contribution in [0.25, 0.3) is 10.9 Å². The maximum Gasteiger partial charge on any atom is 0.318 e. The van der Waals surface area contributed by atoms with Gasteiger partial charge in [-0.1, -0.05) is 24.6 Å². The number of aromatic nitrogens is 1. The first-order valence-corrected chi connectivity index (χ1v) is 17.3. The number of urea groups is 1. The van der Waals surface area contributed by atoms with Gasteiger partial charge in [0, 0.05) is 64.7 Å². The lowest BCUT2D eigenvalue weighted by Crippen LogP contribution is -2.56. The summed E-state index contributed by atoms with van der Waals surface area (Å²) in [7, 11) is 0. The number of fused-ring (bicyclic) bond motifs is 1. The van der Waals surface area contributed by atoms with E-state index in [1.54, 1.807) is 0 Å². The minimum Gasteiger partial charge on any atom is -0.397 e. The number of H-pyrrole nitrogens is 1. The maximum absolute atomic E-state index is 14.0. The maximum atomic E-state index is 14.0. The summed E-state index contributed by atoms with van der Waals surface area (Å²) in [6, 6.07) is 12.0. The summed E-state index contributed by atoms with van der Waals surface area (Å²) in [6.07, 6.45) is 10.2. The predicted octanol–water partition coefficient (Wildman–Crippen LogP) is 6.25. The molecule has 1 atom stereocenters. The molecule has 3 aliphatic heterocycles. The Balaban J connectivity index is 1.12. The zero-order valence-corrected chi connectivity index (χ0v) is 27.8. The number of nitrogens with zero attached hydrogens (tertiary/aromatic N) is 3. The average Bonchev–Trinajstić information content (AvgIpc) is 3.48. The van der Waals surface area contributed by atoms with Crippen LogP contribution in [0.5, 0.6) is 0 Å². The van der Waals surface area contributed by atoms with Crippen molar-refractivity contribution < 1.29 is 9.59 Å². The van der Waals surface area contributed by atoms with Crippen molar-refractivity contribution in [1.82, 2.24) is 25.0 Å². The third kappa shape index (κ3) is 6.91. The van der Waals surface area contributed by atoms with Crippen LogP contribution in [0.1, 0.15) is 62.0 Å². The van der Waals surface area contributed by atoms with Gasteiger partial charge in [0.1, 0.15) is 6.04 Å². The SMILES string of the molecule is Nc1c(Br)cc(C[C@H](NC(=O)N2CCC(c3c[nH]c4ccccc34)CC2)C(=O)N2CCC(N3CCCCC3)CC2)cc1Br. The monoisotopic (exact) mass is 712 g/mol. The summed E-state index contributed by atoms with van der Waals surface area (Å²) >= 11 is 7.08. The number of nitrogen functional groups attached to an aromatic ring is 1. The molecular weight excluding hydrogens is 672 g/mol. The van der Waals surface area contributed by atoms with Crippen LogP contribution < -0.4 is 11.1 Å². The molecule has 10 heteroatoms. The van der Waals surface area contributed by atoms with Gasteiger partial charge in [-0.25, -0.2) is 4.79 Å². The van der Waals surface area contributed by atoms with Crippen LogP contribution in [0.3, 0.4) is 0 Å². The molecule has 0 bridgehead atoms. The number of aromatic amines is 1. The topological polar surface area (TPSA) is 97.7 Å². The average molecular weight is 715 g/mol. The lowest BCUT2D eigenvalue weighted by molar-refractivity contribution is -0.134. The molecule has 2 aromatic carbocycles. The lowest BCUT2D eigenvalue weighted by Gasteiger charge is -2.41. The molecule has 0 spiro atoms. The van der Waals surface area contributed by atoms with Crippen molar-refractivity contribution in [3.63, 3.8) is 0 Å². The minimum atomic E-state index is -0.646. The van der Waals surface area contributed by atoms with Gasteiger partial charge in [0.25, 0.3) is 0 Å². The van der Waals surface area contributed by atoms with Gasteiger partial charge in [0.05, 0.1) is 5.69 Å². The molecule has 43 heavy (non-hydrogen) atoms. The standard InChI is InChI=1S/C33H42Br2N6O2/c34-27-18-22(19-28(35)31(27)36)20-30(32(42)40-16-10-24(11-17-40)39-12-4-1-5-13-39)38-33(43)41-14-8-23(9-15-41)26-21-37-29-7-3-2-6-25(26)29/h2-3,6-7,18-19,21,23-24,30,37H,1,4-5,8-17,20,36H2,(H,38,43)/t30-/m0/s1. The number of anilines is 1. The highest BCUT2D eigenvalue weighted by Gasteiger charge is 2.34. The normalized spacial score (nSPS) is 20.0. The molecule has 3 amide bonds. The number of carbonyl (C=O) groups is 2. The van der Waals surface area contributed by atoms with Crippen LogP contribution in [-0.4, -0.2) is 83.0 Å². The number of nitrogens with one attached hydrogen (secondary N) is 2. The third-order valence-corrected chi connectivity index (χ3v) is 11.0. The van der Waals surface area contributed by atoms with Gasteiger partial charge in [0.15, 0.2) is 0 Å². The van der Waals surface area contributed by atoms with E-state index >= 15 is 0 Å². The summed E-state index contributed by atoms with van der Waals surface area (Å²) in [4.78, 5) is 37.5. The molecule has 3 saturated heterocycles. The van der Waals surface area contributed by atoms with E-state index in [4.69, 9.17) is 5.73 Å². The molecule has 3 aliphatic rings. The van der Waals surface area contributed by atoms with E-state index in [1.807, 2.05) is 28.0 Å². The van der Waals surface area contributed by atoms with Gasteiger partial charge in [0.2, 0.25) is 5.91 Å². The zero-order valence-electron chi connectivity index (χ0n) is 24.7. The van der Waals surface area contributed by atoms with E-state index in [2.05, 4.69) is 71.5 Å². The van der Waals surface area contributed by atoms with E-state index in [1.165, 1.54) is 43.3 Å². The smallest absolute Gasteiger partial charge is 0.318 e. The highest BCUT2D eigenvalue weighted by Crippen LogP contribution is 2.34. The molecule has 0 unspecified atom stereocenters. The van der Waals surface area contributed by atoms with Crippen LogP contribution in [-0.2, 0) is 11.2 Å². The fourth-order valence-corrected chi connectivity index (χ4v) is 8.49. The minimum absolute atomic E-state index is 0.00296. The molecule has 3 fully saturated rings. The fourth-order valence-electron chi connectivity index (χ4n) is 7.21. The van der Waals surface area contributed by atoms with Crippen molar-refractivity contribution in [1.29, 1.82) is 0 Å². The second-order valence-corrected chi connectivity index (χ2v) is 14.1. The Hall–Kier alpha value is -2.56. The van der Waals surface area contributed by atoms with Crippen LogP contribution in [0.2, 0.25) is 0 Å². The number of likely N-dealkylation sites (tertiary alicyclic amines) is 3. The first-order chi connectivity index (χ1) is 20.9. The van der Waals surface area contributed by atoms with Gasteiger partial charge < -0.3 is 30.7 Å². The van der Waals surface area contributed by atoms with Crippen LogP contribution in [0.15, 0.2) is 51.5 Å². The number of piperidine rings is 3. The summed E-state index contributed by atoms with van der Waals surface area (Å²) in [5, 5.41) is 4.42. The molecule has 0 aliphatic carbocycles. The Morgan fingerprint density at radius 2 is 1.56 bits per heavy atom. The predicted molar refractivity (Wildman–Crippen MR) is 179 cm³/mol. The molecule has 0 radical (unpaired) electrons. The van der Waals surface area contributed by atoms with Crippen molar-refractivity contribution in [2.75, 3.05) is 45.0 Å². The first kappa shape index (κ1) is 30.5. The molecule has 3 aromatic rings. The molecule has 0 saturated carbocycles. The van der Waals surface area contributed by atoms with Crippen molar-refractivity contribution in [2.24, 2.45) is 0 Å². The molecular formula is C33H42Br2N6O2. The number of para-hydroxylation sites is 1. The van der Waals surface area contributed by atoms with Crippen molar-refractivity contribution in [3.05, 3.63) is 62.7 Å². The first-order valence-electron chi connectivity index (χ1n) is 15.7. The number of benzene rings is 2. The molecule has 4 N–H and O–H groups in total. The van der Waals surface area contributed by atoms with E-state index in [0.29, 0.717) is 37.2 Å². The quantitative estimate of drug-likeness (QED) is 0.263. The number of nitrogens with two attached hydrogens (primary N) is 1. The number of halogens is 2. The summed E-state index contributed by atoms with van der Waals surface area (Å²) < 4.78 is 1.55. The van der Waals surface area contributed by atoms with E-state index in [9.17, 15) is 9.59 Å². The van der Waals surface area contributed by atoms with Crippen LogP contribution >= 0.6 is 31.9 Å². The van der Waals surface area contributed by atoms with Crippen LogP contribution in [0.4, 0.5) is 10.5 Å². The number of hydrogen-bond donors (Lipinski definition) is 3. The van der Waals surface area contributed by atoms with Crippen molar-refractivity contribution in [3.8, 4) is 0 Å². The Morgan fingerprint density at radius 1 is 0.907 bits per heavy atom. The molecule has 8 nitrogen and oxygen atoms in total. The second-order valence-electron chi connectivity index (χ2n) is 12.4.